The molecule has 0 saturated heterocycles. The highest BCUT2D eigenvalue weighted by Crippen LogP contribution is 2.68. The van der Waals surface area contributed by atoms with Crippen molar-refractivity contribution in [3.8, 4) is 22.3 Å². The van der Waals surface area contributed by atoms with Crippen LogP contribution in [0.5, 0.6) is 0 Å². The summed E-state index contributed by atoms with van der Waals surface area (Å²) in [7, 11) is 0. The zero-order valence-corrected chi connectivity index (χ0v) is 31.6. The topological polar surface area (TPSA) is 16.4 Å². The third kappa shape index (κ3) is 4.11. The first kappa shape index (κ1) is 31.2. The number of benzene rings is 6. The minimum Gasteiger partial charge on any atom is -0.456 e. The molecule has 7 aliphatic carbocycles. The Morgan fingerprint density at radius 3 is 1.93 bits per heavy atom. The van der Waals surface area contributed by atoms with Crippen LogP contribution >= 0.6 is 0 Å². The summed E-state index contributed by atoms with van der Waals surface area (Å²) in [6.45, 7) is 0. The van der Waals surface area contributed by atoms with Crippen LogP contribution in [0.25, 0.3) is 44.2 Å². The van der Waals surface area contributed by atoms with Crippen LogP contribution in [0.3, 0.4) is 0 Å². The van der Waals surface area contributed by atoms with E-state index in [1.54, 1.807) is 16.7 Å². The van der Waals surface area contributed by atoms with E-state index in [0.717, 1.165) is 28.9 Å². The first-order valence-corrected chi connectivity index (χ1v) is 21.4. The van der Waals surface area contributed by atoms with Crippen molar-refractivity contribution in [1.82, 2.24) is 0 Å². The van der Waals surface area contributed by atoms with Crippen LogP contribution in [0, 0.1) is 23.7 Å². The van der Waals surface area contributed by atoms with Gasteiger partial charge in [0.05, 0.1) is 0 Å². The Morgan fingerprint density at radius 1 is 0.455 bits per heavy atom. The lowest BCUT2D eigenvalue weighted by molar-refractivity contribution is 0.0618. The molecule has 0 N–H and O–H groups in total. The van der Waals surface area contributed by atoms with Gasteiger partial charge in [0.15, 0.2) is 0 Å². The van der Waals surface area contributed by atoms with E-state index in [0.29, 0.717) is 5.92 Å². The van der Waals surface area contributed by atoms with Crippen LogP contribution in [0.2, 0.25) is 0 Å². The van der Waals surface area contributed by atoms with Crippen LogP contribution in [-0.4, -0.2) is 0 Å². The van der Waals surface area contributed by atoms with Crippen molar-refractivity contribution in [2.75, 3.05) is 4.90 Å². The van der Waals surface area contributed by atoms with Crippen molar-refractivity contribution >= 4 is 39.0 Å². The smallest absolute Gasteiger partial charge is 0.135 e. The molecule has 0 aliphatic heterocycles. The summed E-state index contributed by atoms with van der Waals surface area (Å²) in [6.07, 6.45) is 14.8. The predicted octanol–water partition coefficient (Wildman–Crippen LogP) is 14.4. The van der Waals surface area contributed by atoms with E-state index in [-0.39, 0.29) is 10.8 Å². The molecular weight excluding hydrogens is 667 g/mol. The quantitative estimate of drug-likeness (QED) is 0.181. The molecule has 5 fully saturated rings. The van der Waals surface area contributed by atoms with E-state index in [9.17, 15) is 0 Å². The fourth-order valence-electron chi connectivity index (χ4n) is 14.0. The molecule has 7 aromatic rings. The van der Waals surface area contributed by atoms with Gasteiger partial charge in [-0.05, 0) is 162 Å². The highest BCUT2D eigenvalue weighted by Gasteiger charge is 2.59. The standard InChI is InChI=1S/C53H47NO/c1-8-24-52(25-9-1)46-13-5-2-10-40(46)42-21-18-38(31-48(42)52)54(37-20-23-51-45(30-37)44-12-4-7-15-50(44)55-51)39-19-22-43-41-11-3-6-14-47(41)53(49(43)32-39)35-17-16-33-26-34(28-35)29-36(53)27-33/h2-7,10-15,18-23,30-36H,1,8-9,16-17,24-29H2. The number of hydrogen-bond donors (Lipinski definition) is 0. The Morgan fingerprint density at radius 2 is 1.07 bits per heavy atom. The summed E-state index contributed by atoms with van der Waals surface area (Å²) in [5.74, 6) is 3.26. The maximum absolute atomic E-state index is 6.39. The number of rotatable bonds is 3. The van der Waals surface area contributed by atoms with E-state index in [1.165, 1.54) is 126 Å². The first-order chi connectivity index (χ1) is 27.2. The highest BCUT2D eigenvalue weighted by atomic mass is 16.3. The summed E-state index contributed by atoms with van der Waals surface area (Å²) in [4.78, 5) is 2.60. The number of fused-ring (bicyclic) bond motifs is 12. The average Bonchev–Trinajstić information content (AvgIpc) is 3.77. The molecule has 55 heavy (non-hydrogen) atoms. The van der Waals surface area contributed by atoms with Crippen LogP contribution in [-0.2, 0) is 10.8 Å². The normalized spacial score (nSPS) is 26.3. The second-order valence-electron chi connectivity index (χ2n) is 18.3. The molecule has 2 nitrogen and oxygen atoms in total. The maximum atomic E-state index is 6.39. The van der Waals surface area contributed by atoms with Gasteiger partial charge in [-0.15, -0.1) is 0 Å². The highest BCUT2D eigenvalue weighted by molar-refractivity contribution is 6.06. The van der Waals surface area contributed by atoms with Crippen LogP contribution in [0.15, 0.2) is 132 Å². The Balaban J connectivity index is 1.05. The molecule has 1 heterocycles. The molecule has 14 rings (SSSR count). The van der Waals surface area contributed by atoms with Gasteiger partial charge in [-0.1, -0.05) is 105 Å². The molecule has 5 unspecified atom stereocenters. The van der Waals surface area contributed by atoms with Crippen LogP contribution < -0.4 is 4.90 Å². The molecule has 270 valence electrons. The predicted molar refractivity (Wildman–Crippen MR) is 226 cm³/mol. The Bertz CT molecular complexity index is 2700. The maximum Gasteiger partial charge on any atom is 0.135 e. The zero-order valence-electron chi connectivity index (χ0n) is 31.6. The van der Waals surface area contributed by atoms with Gasteiger partial charge in [0.25, 0.3) is 0 Å². The third-order valence-electron chi connectivity index (χ3n) is 15.9. The fourth-order valence-corrected chi connectivity index (χ4v) is 14.0. The molecule has 5 saturated carbocycles. The van der Waals surface area contributed by atoms with E-state index in [2.05, 4.69) is 132 Å². The minimum absolute atomic E-state index is 0.0961. The monoisotopic (exact) mass is 713 g/mol. The molecule has 5 atom stereocenters. The molecule has 2 heteroatoms. The zero-order chi connectivity index (χ0) is 35.9. The third-order valence-corrected chi connectivity index (χ3v) is 15.9. The SMILES string of the molecule is c1ccc2c(c1)-c1ccc(N(c3ccc4c(c3)C3(c5ccccc5-4)C4CCC5CC(C4)CC3C5)c3ccc4oc5ccccc5c4c3)cc1C21CCCCC1. The number of hydrogen-bond acceptors (Lipinski definition) is 2. The number of nitrogens with zero attached hydrogens (tertiary/aromatic N) is 1. The summed E-state index contributed by atoms with van der Waals surface area (Å²) >= 11 is 0. The first-order valence-electron chi connectivity index (χ1n) is 21.4. The van der Waals surface area contributed by atoms with Gasteiger partial charge in [-0.25, -0.2) is 0 Å². The van der Waals surface area contributed by atoms with Gasteiger partial charge >= 0.3 is 0 Å². The number of furan rings is 1. The molecular formula is C53H47NO. The Hall–Kier alpha value is -5.08. The lowest BCUT2D eigenvalue weighted by atomic mass is 9.51. The summed E-state index contributed by atoms with van der Waals surface area (Å²) in [5.41, 5.74) is 18.0. The molecule has 1 aromatic heterocycles. The van der Waals surface area contributed by atoms with Crippen molar-refractivity contribution in [2.24, 2.45) is 23.7 Å². The molecule has 0 amide bonds. The van der Waals surface area contributed by atoms with Crippen molar-refractivity contribution in [3.63, 3.8) is 0 Å². The fraction of sp³-hybridized carbons (Fsp3) is 0.321. The number of para-hydroxylation sites is 1. The summed E-state index contributed by atoms with van der Waals surface area (Å²) < 4.78 is 6.39. The molecule has 0 radical (unpaired) electrons. The van der Waals surface area contributed by atoms with Gasteiger partial charge in [0.1, 0.15) is 11.2 Å². The second kappa shape index (κ2) is 11.3. The van der Waals surface area contributed by atoms with Gasteiger partial charge in [-0.3, -0.25) is 0 Å². The van der Waals surface area contributed by atoms with E-state index < -0.39 is 0 Å². The van der Waals surface area contributed by atoms with Crippen molar-refractivity contribution in [2.45, 2.75) is 81.5 Å². The van der Waals surface area contributed by atoms with Crippen LogP contribution in [0.1, 0.15) is 92.9 Å². The Kier molecular flexibility index (Phi) is 6.37. The Labute approximate surface area is 324 Å². The lowest BCUT2D eigenvalue weighted by Gasteiger charge is -2.53. The number of anilines is 3. The summed E-state index contributed by atoms with van der Waals surface area (Å²) in [5, 5.41) is 2.36. The van der Waals surface area contributed by atoms with E-state index >= 15 is 0 Å². The van der Waals surface area contributed by atoms with Gasteiger partial charge < -0.3 is 9.32 Å². The van der Waals surface area contributed by atoms with Gasteiger partial charge in [0.2, 0.25) is 0 Å². The van der Waals surface area contributed by atoms with Gasteiger partial charge in [-0.2, -0.15) is 0 Å². The molecule has 2 spiro atoms. The van der Waals surface area contributed by atoms with E-state index in [1.807, 2.05) is 0 Å². The largest absolute Gasteiger partial charge is 0.456 e. The molecule has 6 aromatic carbocycles. The van der Waals surface area contributed by atoms with Crippen molar-refractivity contribution < 1.29 is 4.42 Å². The van der Waals surface area contributed by atoms with Crippen molar-refractivity contribution in [1.29, 1.82) is 0 Å². The van der Waals surface area contributed by atoms with E-state index in [4.69, 9.17) is 4.42 Å². The lowest BCUT2D eigenvalue weighted by Crippen LogP contribution is -2.48. The van der Waals surface area contributed by atoms with Crippen molar-refractivity contribution in [3.05, 3.63) is 150 Å². The molecule has 4 bridgehead atoms. The average molecular weight is 714 g/mol. The van der Waals surface area contributed by atoms with Crippen LogP contribution in [0.4, 0.5) is 17.1 Å². The summed E-state index contributed by atoms with van der Waals surface area (Å²) in [6, 6.07) is 49.4. The second-order valence-corrected chi connectivity index (χ2v) is 18.3. The molecule has 7 aliphatic rings. The van der Waals surface area contributed by atoms with Gasteiger partial charge in [0, 0.05) is 38.7 Å². The minimum atomic E-state index is 0.0961.